The number of carbonyl (C=O) groups excluding carboxylic acids is 2. The minimum atomic E-state index is -0.602. The molecule has 18 heavy (non-hydrogen) atoms. The number of rotatable bonds is 6. The Kier molecular flexibility index (Phi) is 4.98. The van der Waals surface area contributed by atoms with Crippen molar-refractivity contribution in [1.29, 1.82) is 0 Å². The van der Waals surface area contributed by atoms with Gasteiger partial charge in [-0.2, -0.15) is 0 Å². The van der Waals surface area contributed by atoms with E-state index >= 15 is 0 Å². The molecule has 0 saturated carbocycles. The normalized spacial score (nSPS) is 9.67. The predicted molar refractivity (Wildman–Crippen MR) is 63.6 cm³/mol. The largest absolute Gasteiger partial charge is 0.497 e. The molecule has 0 aliphatic carbocycles. The monoisotopic (exact) mass is 253 g/mol. The number of methoxy groups -OCH3 is 1. The minimum absolute atomic E-state index is 0.237. The first-order chi connectivity index (χ1) is 8.56. The zero-order valence-electron chi connectivity index (χ0n) is 10.3. The lowest BCUT2D eigenvalue weighted by Gasteiger charge is -2.09. The number of primary amides is 1. The Hall–Kier alpha value is -2.24. The Morgan fingerprint density at radius 1 is 1.22 bits per heavy atom. The van der Waals surface area contributed by atoms with Crippen molar-refractivity contribution in [2.45, 2.75) is 6.92 Å². The maximum atomic E-state index is 11.1. The van der Waals surface area contributed by atoms with Gasteiger partial charge in [-0.3, -0.25) is 4.79 Å². The Morgan fingerprint density at radius 2 is 1.89 bits per heavy atom. The average molecular weight is 253 g/mol. The summed E-state index contributed by atoms with van der Waals surface area (Å²) >= 11 is 0. The second-order valence-corrected chi connectivity index (χ2v) is 3.36. The number of carbonyl (C=O) groups is 2. The lowest BCUT2D eigenvalue weighted by atomic mass is 10.2. The summed E-state index contributed by atoms with van der Waals surface area (Å²) in [5.41, 5.74) is 5.41. The lowest BCUT2D eigenvalue weighted by Crippen LogP contribution is -2.15. The van der Waals surface area contributed by atoms with Crippen molar-refractivity contribution in [3.05, 3.63) is 23.8 Å². The van der Waals surface area contributed by atoms with Gasteiger partial charge in [0.05, 0.1) is 13.7 Å². The van der Waals surface area contributed by atoms with Crippen molar-refractivity contribution in [2.24, 2.45) is 5.73 Å². The Morgan fingerprint density at radius 3 is 2.44 bits per heavy atom. The highest BCUT2D eigenvalue weighted by Gasteiger charge is 2.09. The maximum Gasteiger partial charge on any atom is 0.344 e. The maximum absolute atomic E-state index is 11.1. The summed E-state index contributed by atoms with van der Waals surface area (Å²) in [4.78, 5) is 22.2. The van der Waals surface area contributed by atoms with Crippen LogP contribution in [0.25, 0.3) is 0 Å². The van der Waals surface area contributed by atoms with Crippen LogP contribution in [-0.4, -0.2) is 32.2 Å². The Bertz CT molecular complexity index is 444. The molecule has 0 aliphatic heterocycles. The first-order valence-electron chi connectivity index (χ1n) is 5.34. The summed E-state index contributed by atoms with van der Waals surface area (Å²) in [6.07, 6.45) is 0. The molecule has 0 bridgehead atoms. The SMILES string of the molecule is CCOC(=O)COc1cc(OC)cc(C(N)=O)c1. The van der Waals surface area contributed by atoms with Gasteiger partial charge >= 0.3 is 5.97 Å². The highest BCUT2D eigenvalue weighted by Crippen LogP contribution is 2.22. The number of amides is 1. The molecule has 1 amide bonds. The molecule has 0 atom stereocenters. The fourth-order valence-electron chi connectivity index (χ4n) is 1.26. The van der Waals surface area contributed by atoms with Gasteiger partial charge in [0.1, 0.15) is 11.5 Å². The molecule has 0 aliphatic rings. The molecule has 0 radical (unpaired) electrons. The van der Waals surface area contributed by atoms with Crippen LogP contribution in [0.1, 0.15) is 17.3 Å². The van der Waals surface area contributed by atoms with Crippen molar-refractivity contribution < 1.29 is 23.8 Å². The lowest BCUT2D eigenvalue weighted by molar-refractivity contribution is -0.145. The van der Waals surface area contributed by atoms with E-state index in [1.54, 1.807) is 13.0 Å². The van der Waals surface area contributed by atoms with Gasteiger partial charge in [0.15, 0.2) is 6.61 Å². The number of esters is 1. The van der Waals surface area contributed by atoms with Gasteiger partial charge in [-0.25, -0.2) is 4.79 Å². The summed E-state index contributed by atoms with van der Waals surface area (Å²) in [6.45, 7) is 1.75. The van der Waals surface area contributed by atoms with Gasteiger partial charge in [0.25, 0.3) is 0 Å². The molecule has 0 aromatic heterocycles. The summed E-state index contributed by atoms with van der Waals surface area (Å²) < 4.78 is 14.9. The van der Waals surface area contributed by atoms with Crippen molar-refractivity contribution in [3.63, 3.8) is 0 Å². The van der Waals surface area contributed by atoms with E-state index in [-0.39, 0.29) is 18.8 Å². The molecule has 0 unspecified atom stereocenters. The molecule has 0 fully saturated rings. The zero-order chi connectivity index (χ0) is 13.5. The van der Waals surface area contributed by atoms with Gasteiger partial charge in [-0.05, 0) is 19.1 Å². The third-order valence-corrected chi connectivity index (χ3v) is 2.06. The van der Waals surface area contributed by atoms with E-state index in [9.17, 15) is 9.59 Å². The van der Waals surface area contributed by atoms with Crippen LogP contribution < -0.4 is 15.2 Å². The van der Waals surface area contributed by atoms with Crippen molar-refractivity contribution in [2.75, 3.05) is 20.3 Å². The first-order valence-corrected chi connectivity index (χ1v) is 5.34. The third kappa shape index (κ3) is 3.97. The highest BCUT2D eigenvalue weighted by atomic mass is 16.6. The van der Waals surface area contributed by atoms with Gasteiger partial charge in [0.2, 0.25) is 5.91 Å². The van der Waals surface area contributed by atoms with Crippen LogP contribution in [0, 0.1) is 0 Å². The second-order valence-electron chi connectivity index (χ2n) is 3.36. The summed E-state index contributed by atoms with van der Waals surface area (Å²) in [5.74, 6) is -0.350. The van der Waals surface area contributed by atoms with E-state index in [0.29, 0.717) is 11.5 Å². The molecule has 0 spiro atoms. The van der Waals surface area contributed by atoms with Crippen LogP contribution in [0.2, 0.25) is 0 Å². The molecule has 6 heteroatoms. The van der Waals surface area contributed by atoms with Crippen LogP contribution in [0.4, 0.5) is 0 Å². The van der Waals surface area contributed by atoms with E-state index in [0.717, 1.165) is 0 Å². The number of nitrogens with two attached hydrogens (primary N) is 1. The fourth-order valence-corrected chi connectivity index (χ4v) is 1.26. The standard InChI is InChI=1S/C12H15NO5/c1-3-17-11(14)7-18-10-5-8(12(13)15)4-9(6-10)16-2/h4-6H,3,7H2,1-2H3,(H2,13,15). The quantitative estimate of drug-likeness (QED) is 0.755. The molecular weight excluding hydrogens is 238 g/mol. The van der Waals surface area contributed by atoms with E-state index in [2.05, 4.69) is 0 Å². The van der Waals surface area contributed by atoms with E-state index in [1.807, 2.05) is 0 Å². The van der Waals surface area contributed by atoms with Crippen LogP contribution in [-0.2, 0) is 9.53 Å². The van der Waals surface area contributed by atoms with E-state index in [1.165, 1.54) is 19.2 Å². The van der Waals surface area contributed by atoms with Gasteiger partial charge in [-0.15, -0.1) is 0 Å². The van der Waals surface area contributed by atoms with Crippen molar-refractivity contribution >= 4 is 11.9 Å². The summed E-state index contributed by atoms with van der Waals surface area (Å²) in [7, 11) is 1.45. The Labute approximate surface area is 105 Å². The van der Waals surface area contributed by atoms with Gasteiger partial charge < -0.3 is 19.9 Å². The minimum Gasteiger partial charge on any atom is -0.497 e. The second kappa shape index (κ2) is 6.48. The molecule has 0 heterocycles. The van der Waals surface area contributed by atoms with Crippen LogP contribution in [0.3, 0.4) is 0 Å². The smallest absolute Gasteiger partial charge is 0.344 e. The number of benzene rings is 1. The van der Waals surface area contributed by atoms with Crippen molar-refractivity contribution in [1.82, 2.24) is 0 Å². The first kappa shape index (κ1) is 13.8. The molecule has 1 aromatic rings. The molecule has 2 N–H and O–H groups in total. The van der Waals surface area contributed by atoms with Crippen LogP contribution >= 0.6 is 0 Å². The van der Waals surface area contributed by atoms with Gasteiger partial charge in [-0.1, -0.05) is 0 Å². The topological polar surface area (TPSA) is 87.8 Å². The molecule has 1 aromatic carbocycles. The molecule has 0 saturated heterocycles. The Balaban J connectivity index is 2.78. The number of hydrogen-bond donors (Lipinski definition) is 1. The predicted octanol–water partition coefficient (Wildman–Crippen LogP) is 0.736. The molecule has 98 valence electrons. The fraction of sp³-hybridized carbons (Fsp3) is 0.333. The van der Waals surface area contributed by atoms with Crippen molar-refractivity contribution in [3.8, 4) is 11.5 Å². The number of ether oxygens (including phenoxy) is 3. The van der Waals surface area contributed by atoms with Gasteiger partial charge in [0, 0.05) is 11.6 Å². The molecule has 1 rings (SSSR count). The van der Waals surface area contributed by atoms with E-state index in [4.69, 9.17) is 19.9 Å². The summed E-state index contributed by atoms with van der Waals surface area (Å²) in [5, 5.41) is 0. The zero-order valence-corrected chi connectivity index (χ0v) is 10.3. The number of hydrogen-bond acceptors (Lipinski definition) is 5. The van der Waals surface area contributed by atoms with Crippen LogP contribution in [0.15, 0.2) is 18.2 Å². The van der Waals surface area contributed by atoms with Crippen LogP contribution in [0.5, 0.6) is 11.5 Å². The average Bonchev–Trinajstić information content (AvgIpc) is 2.36. The molecule has 6 nitrogen and oxygen atoms in total. The third-order valence-electron chi connectivity index (χ3n) is 2.06. The van der Waals surface area contributed by atoms with E-state index < -0.39 is 11.9 Å². The molecular formula is C12H15NO5. The summed E-state index contributed by atoms with van der Waals surface area (Å²) in [6, 6.07) is 4.47. The highest BCUT2D eigenvalue weighted by molar-refractivity contribution is 5.93.